The fraction of sp³-hybridized carbons (Fsp3) is 0.263. The van der Waals surface area contributed by atoms with E-state index < -0.39 is 5.91 Å². The van der Waals surface area contributed by atoms with Crippen LogP contribution in [-0.2, 0) is 4.79 Å². The van der Waals surface area contributed by atoms with Crippen molar-refractivity contribution in [2.24, 2.45) is 5.10 Å². The highest BCUT2D eigenvalue weighted by Crippen LogP contribution is 2.40. The predicted octanol–water partition coefficient (Wildman–Crippen LogP) is 6.40. The lowest BCUT2D eigenvalue weighted by Gasteiger charge is -2.18. The van der Waals surface area contributed by atoms with Gasteiger partial charge in [0.1, 0.15) is 11.5 Å². The van der Waals surface area contributed by atoms with Gasteiger partial charge >= 0.3 is 0 Å². The average molecular weight is 642 g/mol. The number of benzene rings is 2. The molecule has 0 aliphatic rings. The van der Waals surface area contributed by atoms with E-state index in [1.807, 2.05) is 13.0 Å². The fourth-order valence-corrected chi connectivity index (χ4v) is 4.84. The van der Waals surface area contributed by atoms with Gasteiger partial charge in [0.15, 0.2) is 6.61 Å². The summed E-state index contributed by atoms with van der Waals surface area (Å²) in [5.41, 5.74) is 4.84. The minimum absolute atomic E-state index is 0.0355. The second-order valence-electron chi connectivity index (χ2n) is 6.28. The summed E-state index contributed by atoms with van der Waals surface area (Å²) in [6.45, 7) is 5.88. The van der Waals surface area contributed by atoms with E-state index >= 15 is 0 Å². The van der Waals surface area contributed by atoms with Gasteiger partial charge in [-0.25, -0.2) is 5.43 Å². The molecule has 0 aliphatic carbocycles. The van der Waals surface area contributed by atoms with E-state index in [9.17, 15) is 9.90 Å². The molecule has 0 aliphatic heterocycles. The van der Waals surface area contributed by atoms with Crippen LogP contribution in [0.25, 0.3) is 0 Å². The van der Waals surface area contributed by atoms with Gasteiger partial charge in [-0.05, 0) is 74.0 Å². The highest BCUT2D eigenvalue weighted by atomic mass is 79.9. The third-order valence-corrected chi connectivity index (χ3v) is 6.69. The van der Waals surface area contributed by atoms with E-state index in [4.69, 9.17) is 4.74 Å². The lowest BCUT2D eigenvalue weighted by Crippen LogP contribution is -2.25. The third kappa shape index (κ3) is 5.81. The van der Waals surface area contributed by atoms with Crippen LogP contribution in [0.2, 0.25) is 0 Å². The number of carbonyl (C=O) groups is 1. The van der Waals surface area contributed by atoms with Crippen molar-refractivity contribution in [1.29, 1.82) is 0 Å². The molecule has 9 heteroatoms. The molecule has 150 valence electrons. The predicted molar refractivity (Wildman–Crippen MR) is 125 cm³/mol. The fourth-order valence-electron chi connectivity index (χ4n) is 2.32. The zero-order chi connectivity index (χ0) is 21.0. The molecule has 0 spiro atoms. The van der Waals surface area contributed by atoms with E-state index in [-0.39, 0.29) is 18.3 Å². The summed E-state index contributed by atoms with van der Waals surface area (Å²) in [4.78, 5) is 12.1. The maximum absolute atomic E-state index is 12.1. The number of phenolic OH excluding ortho intramolecular Hbond substituents is 1. The number of carbonyl (C=O) groups excluding carboxylic acids is 1. The number of phenols is 1. The van der Waals surface area contributed by atoms with Gasteiger partial charge in [-0.15, -0.1) is 0 Å². The van der Waals surface area contributed by atoms with Crippen LogP contribution >= 0.6 is 63.7 Å². The van der Waals surface area contributed by atoms with Crippen LogP contribution in [0.1, 0.15) is 36.5 Å². The second-order valence-corrected chi connectivity index (χ2v) is 9.70. The first kappa shape index (κ1) is 23.4. The summed E-state index contributed by atoms with van der Waals surface area (Å²) in [6.07, 6.45) is 1.36. The number of nitrogens with one attached hydrogen (secondary N) is 1. The van der Waals surface area contributed by atoms with Gasteiger partial charge in [0.2, 0.25) is 0 Å². The number of aromatic hydroxyl groups is 1. The molecule has 0 saturated carbocycles. The van der Waals surface area contributed by atoms with E-state index in [0.717, 1.165) is 24.5 Å². The van der Waals surface area contributed by atoms with E-state index in [1.54, 1.807) is 12.1 Å². The molecule has 5 nitrogen and oxygen atoms in total. The molecule has 0 radical (unpaired) electrons. The molecule has 0 atom stereocenters. The summed E-state index contributed by atoms with van der Waals surface area (Å²) in [5, 5.41) is 13.9. The molecule has 2 aromatic rings. The molecule has 0 unspecified atom stereocenters. The van der Waals surface area contributed by atoms with Gasteiger partial charge in [0, 0.05) is 14.5 Å². The Labute approximate surface area is 197 Å². The Balaban J connectivity index is 2.07. The Hall–Kier alpha value is -0.900. The molecule has 28 heavy (non-hydrogen) atoms. The van der Waals surface area contributed by atoms with Gasteiger partial charge in [-0.3, -0.25) is 4.79 Å². The van der Waals surface area contributed by atoms with Crippen molar-refractivity contribution >= 4 is 75.8 Å². The van der Waals surface area contributed by atoms with Crippen molar-refractivity contribution in [3.05, 3.63) is 52.8 Å². The molecule has 0 aromatic heterocycles. The third-order valence-electron chi connectivity index (χ3n) is 3.85. The van der Waals surface area contributed by atoms with Gasteiger partial charge in [0.05, 0.1) is 15.2 Å². The van der Waals surface area contributed by atoms with Crippen LogP contribution in [0, 0.1) is 6.92 Å². The Morgan fingerprint density at radius 3 is 2.54 bits per heavy atom. The number of hydrogen-bond acceptors (Lipinski definition) is 4. The largest absolute Gasteiger partial charge is 0.506 e. The molecule has 0 bridgehead atoms. The Morgan fingerprint density at radius 1 is 1.21 bits per heavy atom. The van der Waals surface area contributed by atoms with Crippen molar-refractivity contribution < 1.29 is 14.6 Å². The van der Waals surface area contributed by atoms with E-state index in [2.05, 4.69) is 88.1 Å². The summed E-state index contributed by atoms with van der Waals surface area (Å²) >= 11 is 13.7. The van der Waals surface area contributed by atoms with Crippen LogP contribution in [0.5, 0.6) is 11.5 Å². The average Bonchev–Trinajstić information content (AvgIpc) is 2.62. The molecule has 2 N–H and O–H groups in total. The highest BCUT2D eigenvalue weighted by Gasteiger charge is 2.17. The summed E-state index contributed by atoms with van der Waals surface area (Å²) in [6, 6.07) is 5.40. The Kier molecular flexibility index (Phi) is 8.54. The summed E-state index contributed by atoms with van der Waals surface area (Å²) in [7, 11) is 0. The number of rotatable bonds is 6. The van der Waals surface area contributed by atoms with Crippen molar-refractivity contribution in [2.45, 2.75) is 26.7 Å². The van der Waals surface area contributed by atoms with Crippen molar-refractivity contribution in [2.75, 3.05) is 6.61 Å². The van der Waals surface area contributed by atoms with Gasteiger partial charge in [0.25, 0.3) is 5.91 Å². The second kappa shape index (κ2) is 10.2. The van der Waals surface area contributed by atoms with Gasteiger partial charge < -0.3 is 9.84 Å². The first-order chi connectivity index (χ1) is 13.1. The smallest absolute Gasteiger partial charge is 0.277 e. The zero-order valence-corrected chi connectivity index (χ0v) is 21.7. The molecule has 2 aromatic carbocycles. The molecule has 0 heterocycles. The maximum Gasteiger partial charge on any atom is 0.277 e. The first-order valence-corrected chi connectivity index (χ1v) is 11.4. The van der Waals surface area contributed by atoms with Gasteiger partial charge in [-0.2, -0.15) is 5.10 Å². The minimum Gasteiger partial charge on any atom is -0.506 e. The first-order valence-electron chi connectivity index (χ1n) is 8.23. The van der Waals surface area contributed by atoms with Crippen LogP contribution < -0.4 is 10.2 Å². The molecule has 0 fully saturated rings. The highest BCUT2D eigenvalue weighted by molar-refractivity contribution is 9.11. The van der Waals surface area contributed by atoms with Crippen LogP contribution in [-0.4, -0.2) is 23.8 Å². The monoisotopic (exact) mass is 638 g/mol. The summed E-state index contributed by atoms with van der Waals surface area (Å²) < 4.78 is 8.85. The van der Waals surface area contributed by atoms with Crippen LogP contribution in [0.3, 0.4) is 0 Å². The van der Waals surface area contributed by atoms with E-state index in [1.165, 1.54) is 6.21 Å². The van der Waals surface area contributed by atoms with E-state index in [0.29, 0.717) is 15.8 Å². The maximum atomic E-state index is 12.1. The van der Waals surface area contributed by atoms with Crippen LogP contribution in [0.4, 0.5) is 0 Å². The lowest BCUT2D eigenvalue weighted by molar-refractivity contribution is -0.123. The van der Waals surface area contributed by atoms with Crippen molar-refractivity contribution in [1.82, 2.24) is 5.43 Å². The molecular formula is C19H18Br4N2O3. The number of halogens is 4. The summed E-state index contributed by atoms with van der Waals surface area (Å²) in [5.74, 6) is 0.492. The van der Waals surface area contributed by atoms with Crippen molar-refractivity contribution in [3.63, 3.8) is 0 Å². The number of ether oxygens (including phenoxy) is 1. The van der Waals surface area contributed by atoms with Gasteiger partial charge in [-0.1, -0.05) is 45.7 Å². The topological polar surface area (TPSA) is 70.9 Å². The molecular weight excluding hydrogens is 624 g/mol. The lowest BCUT2D eigenvalue weighted by atomic mass is 10.0. The van der Waals surface area contributed by atoms with Crippen molar-refractivity contribution in [3.8, 4) is 11.5 Å². The zero-order valence-electron chi connectivity index (χ0n) is 15.3. The molecule has 1 amide bonds. The Bertz CT molecular complexity index is 930. The molecule has 2 rings (SSSR count). The van der Waals surface area contributed by atoms with Crippen LogP contribution in [0.15, 0.2) is 41.2 Å². The standard InChI is InChI=1S/C19H18Br4N2O3/c1-9(2)13-6-14(21)10(3)17(23)19(13)28-8-16(26)25-24-7-11-4-12(20)5-15(22)18(11)27/h4-7,9,27H,8H2,1-3H3,(H,25,26)/b24-7+. The normalized spacial score (nSPS) is 11.3. The molecule has 0 saturated heterocycles. The number of hydrazone groups is 1. The number of amides is 1. The minimum atomic E-state index is -0.410. The Morgan fingerprint density at radius 2 is 1.89 bits per heavy atom. The number of nitrogens with zero attached hydrogens (tertiary/aromatic N) is 1. The number of hydrogen-bond donors (Lipinski definition) is 2. The SMILES string of the molecule is Cc1c(Br)cc(C(C)C)c(OCC(=O)N/N=C/c2cc(Br)cc(Br)c2O)c1Br. The quantitative estimate of drug-likeness (QED) is 0.283.